The molecule has 0 bridgehead atoms. The Balaban J connectivity index is 1.90. The number of likely N-dealkylation sites (N-methyl/N-ethyl adjacent to an activating group) is 1. The third-order valence-corrected chi connectivity index (χ3v) is 4.56. The topological polar surface area (TPSA) is 29.5 Å². The van der Waals surface area contributed by atoms with Crippen molar-refractivity contribution in [3.05, 3.63) is 20.8 Å². The Labute approximate surface area is 114 Å². The normalized spacial score (nSPS) is 21.4. The molecule has 1 aliphatic heterocycles. The molecule has 0 saturated carbocycles. The van der Waals surface area contributed by atoms with Crippen molar-refractivity contribution in [2.45, 2.75) is 25.9 Å². The highest BCUT2D eigenvalue weighted by Crippen LogP contribution is 2.24. The lowest BCUT2D eigenvalue weighted by Crippen LogP contribution is -2.40. The van der Waals surface area contributed by atoms with Crippen LogP contribution in [0.1, 0.15) is 29.4 Å². The van der Waals surface area contributed by atoms with Crippen molar-refractivity contribution >= 4 is 33.2 Å². The highest BCUT2D eigenvalue weighted by molar-refractivity contribution is 9.11. The molecule has 3 nitrogen and oxygen atoms in total. The van der Waals surface area contributed by atoms with E-state index in [4.69, 9.17) is 4.74 Å². The van der Waals surface area contributed by atoms with E-state index >= 15 is 0 Å². The molecule has 1 fully saturated rings. The number of halogens is 1. The fourth-order valence-corrected chi connectivity index (χ4v) is 3.30. The van der Waals surface area contributed by atoms with Gasteiger partial charge >= 0.3 is 5.97 Å². The maximum absolute atomic E-state index is 11.9. The largest absolute Gasteiger partial charge is 0.457 e. The molecule has 94 valence electrons. The van der Waals surface area contributed by atoms with Gasteiger partial charge in [0.15, 0.2) is 0 Å². The van der Waals surface area contributed by atoms with Crippen molar-refractivity contribution in [1.82, 2.24) is 4.90 Å². The predicted octanol–water partition coefficient (Wildman–Crippen LogP) is 3.15. The lowest BCUT2D eigenvalue weighted by Gasteiger charge is -2.31. The molecular weight excluding hydrogens is 302 g/mol. The summed E-state index contributed by atoms with van der Waals surface area (Å²) in [6.07, 6.45) is 2.14. The van der Waals surface area contributed by atoms with Crippen LogP contribution >= 0.6 is 27.3 Å². The number of likely N-dealkylation sites (tertiary alicyclic amines) is 1. The van der Waals surface area contributed by atoms with Gasteiger partial charge in [-0.25, -0.2) is 4.79 Å². The number of nitrogens with zero attached hydrogens (tertiary/aromatic N) is 1. The Morgan fingerprint density at radius 1 is 1.65 bits per heavy atom. The SMILES string of the molecule is CCN1CCCC(OC(=O)c2ccc(Br)s2)C1. The van der Waals surface area contributed by atoms with Crippen LogP contribution in [0.4, 0.5) is 0 Å². The van der Waals surface area contributed by atoms with Gasteiger partial charge in [-0.2, -0.15) is 0 Å². The molecule has 1 saturated heterocycles. The minimum atomic E-state index is -0.191. The van der Waals surface area contributed by atoms with E-state index in [1.807, 2.05) is 6.07 Å². The fraction of sp³-hybridized carbons (Fsp3) is 0.583. The highest BCUT2D eigenvalue weighted by atomic mass is 79.9. The standard InChI is InChI=1S/C12H16BrNO2S/c1-2-14-7-3-4-9(8-14)16-12(15)10-5-6-11(13)17-10/h5-6,9H,2-4,7-8H2,1H3. The monoisotopic (exact) mass is 317 g/mol. The van der Waals surface area contributed by atoms with Gasteiger partial charge in [-0.3, -0.25) is 4.90 Å². The second-order valence-corrected chi connectivity index (χ2v) is 6.63. The number of thiophene rings is 1. The van der Waals surface area contributed by atoms with Crippen LogP contribution in [0.15, 0.2) is 15.9 Å². The smallest absolute Gasteiger partial charge is 0.348 e. The highest BCUT2D eigenvalue weighted by Gasteiger charge is 2.23. The van der Waals surface area contributed by atoms with Crippen LogP contribution < -0.4 is 0 Å². The second kappa shape index (κ2) is 5.98. The summed E-state index contributed by atoms with van der Waals surface area (Å²) in [6.45, 7) is 5.16. The summed E-state index contributed by atoms with van der Waals surface area (Å²) in [5.41, 5.74) is 0. The molecule has 0 aromatic carbocycles. The molecule has 17 heavy (non-hydrogen) atoms. The zero-order valence-corrected chi connectivity index (χ0v) is 12.2. The van der Waals surface area contributed by atoms with E-state index in [9.17, 15) is 4.79 Å². The maximum Gasteiger partial charge on any atom is 0.348 e. The van der Waals surface area contributed by atoms with E-state index in [2.05, 4.69) is 27.8 Å². The molecule has 2 rings (SSSR count). The molecule has 1 unspecified atom stereocenters. The van der Waals surface area contributed by atoms with E-state index in [1.54, 1.807) is 6.07 Å². The van der Waals surface area contributed by atoms with Crippen molar-refractivity contribution < 1.29 is 9.53 Å². The Bertz CT molecular complexity index is 394. The van der Waals surface area contributed by atoms with Gasteiger partial charge in [0.2, 0.25) is 0 Å². The van der Waals surface area contributed by atoms with E-state index in [1.165, 1.54) is 11.3 Å². The summed E-state index contributed by atoms with van der Waals surface area (Å²) in [5, 5.41) is 0. The van der Waals surface area contributed by atoms with Gasteiger partial charge in [0.25, 0.3) is 0 Å². The summed E-state index contributed by atoms with van der Waals surface area (Å²) in [4.78, 5) is 14.9. The second-order valence-electron chi connectivity index (χ2n) is 4.17. The van der Waals surface area contributed by atoms with Crippen molar-refractivity contribution in [3.63, 3.8) is 0 Å². The molecule has 1 aromatic rings. The first-order chi connectivity index (χ1) is 8.19. The Hall–Kier alpha value is -0.390. The summed E-state index contributed by atoms with van der Waals surface area (Å²) < 4.78 is 6.49. The molecule has 0 aliphatic carbocycles. The fourth-order valence-electron chi connectivity index (χ4n) is 2.03. The molecule has 1 atom stereocenters. The average molecular weight is 318 g/mol. The molecule has 5 heteroatoms. The number of ether oxygens (including phenoxy) is 1. The Morgan fingerprint density at radius 3 is 3.12 bits per heavy atom. The zero-order valence-electron chi connectivity index (χ0n) is 9.82. The lowest BCUT2D eigenvalue weighted by atomic mass is 10.1. The van der Waals surface area contributed by atoms with Crippen LogP contribution in [-0.2, 0) is 4.74 Å². The summed E-state index contributed by atoms with van der Waals surface area (Å²) in [7, 11) is 0. The molecule has 2 heterocycles. The number of piperidine rings is 1. The minimum absolute atomic E-state index is 0.0528. The number of esters is 1. The predicted molar refractivity (Wildman–Crippen MR) is 72.6 cm³/mol. The average Bonchev–Trinajstić information content (AvgIpc) is 2.76. The maximum atomic E-state index is 11.9. The zero-order chi connectivity index (χ0) is 12.3. The van der Waals surface area contributed by atoms with Gasteiger partial charge in [0.1, 0.15) is 11.0 Å². The Kier molecular flexibility index (Phi) is 4.59. The summed E-state index contributed by atoms with van der Waals surface area (Å²) in [6, 6.07) is 3.68. The molecule has 1 aromatic heterocycles. The lowest BCUT2D eigenvalue weighted by molar-refractivity contribution is 0.00824. The molecular formula is C12H16BrNO2S. The van der Waals surface area contributed by atoms with Crippen molar-refractivity contribution in [1.29, 1.82) is 0 Å². The Morgan fingerprint density at radius 2 is 2.47 bits per heavy atom. The molecule has 0 spiro atoms. The van der Waals surface area contributed by atoms with Gasteiger partial charge in [0, 0.05) is 6.54 Å². The van der Waals surface area contributed by atoms with Crippen molar-refractivity contribution in [2.75, 3.05) is 19.6 Å². The summed E-state index contributed by atoms with van der Waals surface area (Å²) in [5.74, 6) is -0.191. The third kappa shape index (κ3) is 3.53. The summed E-state index contributed by atoms with van der Waals surface area (Å²) >= 11 is 4.77. The van der Waals surface area contributed by atoms with Crippen LogP contribution in [0.2, 0.25) is 0 Å². The van der Waals surface area contributed by atoms with Crippen LogP contribution in [0.5, 0.6) is 0 Å². The van der Waals surface area contributed by atoms with E-state index < -0.39 is 0 Å². The number of rotatable bonds is 3. The molecule has 0 N–H and O–H groups in total. The molecule has 0 amide bonds. The van der Waals surface area contributed by atoms with E-state index in [-0.39, 0.29) is 12.1 Å². The van der Waals surface area contributed by atoms with Crippen LogP contribution in [0.3, 0.4) is 0 Å². The van der Waals surface area contributed by atoms with Crippen LogP contribution in [0, 0.1) is 0 Å². The first-order valence-corrected chi connectivity index (χ1v) is 7.48. The van der Waals surface area contributed by atoms with Gasteiger partial charge in [-0.1, -0.05) is 6.92 Å². The van der Waals surface area contributed by atoms with E-state index in [0.717, 1.165) is 36.3 Å². The first kappa shape index (κ1) is 13.1. The van der Waals surface area contributed by atoms with Crippen LogP contribution in [-0.4, -0.2) is 36.6 Å². The quantitative estimate of drug-likeness (QED) is 0.802. The first-order valence-electron chi connectivity index (χ1n) is 5.87. The third-order valence-electron chi connectivity index (χ3n) is 2.96. The van der Waals surface area contributed by atoms with Gasteiger partial charge < -0.3 is 4.74 Å². The number of carbonyl (C=O) groups is 1. The number of hydrogen-bond donors (Lipinski definition) is 0. The molecule has 0 radical (unpaired) electrons. The van der Waals surface area contributed by atoms with Crippen molar-refractivity contribution in [2.24, 2.45) is 0 Å². The van der Waals surface area contributed by atoms with Gasteiger partial charge in [-0.05, 0) is 54.0 Å². The molecule has 1 aliphatic rings. The van der Waals surface area contributed by atoms with E-state index in [0.29, 0.717) is 4.88 Å². The van der Waals surface area contributed by atoms with Gasteiger partial charge in [-0.15, -0.1) is 11.3 Å². The van der Waals surface area contributed by atoms with Gasteiger partial charge in [0.05, 0.1) is 3.79 Å². The van der Waals surface area contributed by atoms with Crippen LogP contribution in [0.25, 0.3) is 0 Å². The van der Waals surface area contributed by atoms with Crippen molar-refractivity contribution in [3.8, 4) is 0 Å². The number of carbonyl (C=O) groups excluding carboxylic acids is 1. The number of hydrogen-bond acceptors (Lipinski definition) is 4. The minimum Gasteiger partial charge on any atom is -0.457 e.